The Kier molecular flexibility index (Phi) is 9.66. The van der Waals surface area contributed by atoms with Crippen LogP contribution in [-0.4, -0.2) is 57.4 Å². The first kappa shape index (κ1) is 23.0. The average Bonchev–Trinajstić information content (AvgIpc) is 2.61. The Hall–Kier alpha value is -1.07. The second-order valence-electron chi connectivity index (χ2n) is 5.66. The van der Waals surface area contributed by atoms with E-state index in [1.165, 1.54) is 6.07 Å². The SMILES string of the molecule is CCNC(=NCCOC)N1CCOC(c2cccc(C(F)(F)F)c2)C1.I. The van der Waals surface area contributed by atoms with Gasteiger partial charge in [-0.3, -0.25) is 4.99 Å². The summed E-state index contributed by atoms with van der Waals surface area (Å²) >= 11 is 0. The summed E-state index contributed by atoms with van der Waals surface area (Å²) in [6, 6.07) is 5.31. The van der Waals surface area contributed by atoms with Crippen LogP contribution in [0.5, 0.6) is 0 Å². The minimum Gasteiger partial charge on any atom is -0.383 e. The van der Waals surface area contributed by atoms with Gasteiger partial charge in [-0.2, -0.15) is 13.2 Å². The highest BCUT2D eigenvalue weighted by Gasteiger charge is 2.32. The molecule has 1 aromatic carbocycles. The van der Waals surface area contributed by atoms with Gasteiger partial charge in [-0.1, -0.05) is 12.1 Å². The molecule has 5 nitrogen and oxygen atoms in total. The van der Waals surface area contributed by atoms with Gasteiger partial charge in [0.15, 0.2) is 5.96 Å². The predicted octanol–water partition coefficient (Wildman–Crippen LogP) is 3.31. The van der Waals surface area contributed by atoms with Crippen LogP contribution in [0.25, 0.3) is 0 Å². The zero-order chi connectivity index (χ0) is 18.3. The summed E-state index contributed by atoms with van der Waals surface area (Å²) in [6.07, 6.45) is -4.79. The summed E-state index contributed by atoms with van der Waals surface area (Å²) in [4.78, 5) is 6.49. The molecule has 1 heterocycles. The van der Waals surface area contributed by atoms with Crippen LogP contribution in [0.15, 0.2) is 29.3 Å². The highest BCUT2D eigenvalue weighted by atomic mass is 127. The molecule has 1 N–H and O–H groups in total. The Morgan fingerprint density at radius 1 is 1.42 bits per heavy atom. The first-order chi connectivity index (χ1) is 12.0. The maximum atomic E-state index is 12.9. The van der Waals surface area contributed by atoms with E-state index in [1.807, 2.05) is 11.8 Å². The van der Waals surface area contributed by atoms with Crippen molar-refractivity contribution in [1.82, 2.24) is 10.2 Å². The van der Waals surface area contributed by atoms with Crippen molar-refractivity contribution >= 4 is 29.9 Å². The maximum Gasteiger partial charge on any atom is 0.416 e. The highest BCUT2D eigenvalue weighted by Crippen LogP contribution is 2.32. The minimum absolute atomic E-state index is 0. The molecule has 0 amide bonds. The van der Waals surface area contributed by atoms with E-state index in [4.69, 9.17) is 9.47 Å². The Bertz CT molecular complexity index is 585. The van der Waals surface area contributed by atoms with Crippen molar-refractivity contribution in [2.75, 3.05) is 46.5 Å². The molecule has 0 aliphatic carbocycles. The second kappa shape index (κ2) is 10.9. The fourth-order valence-electron chi connectivity index (χ4n) is 2.63. The number of morpholine rings is 1. The molecule has 2 rings (SSSR count). The number of nitrogens with one attached hydrogen (secondary N) is 1. The fourth-order valence-corrected chi connectivity index (χ4v) is 2.63. The molecule has 0 bridgehead atoms. The van der Waals surface area contributed by atoms with Crippen molar-refractivity contribution in [2.45, 2.75) is 19.2 Å². The Morgan fingerprint density at radius 2 is 2.19 bits per heavy atom. The number of rotatable bonds is 5. The molecular weight excluding hydrogens is 462 g/mol. The summed E-state index contributed by atoms with van der Waals surface area (Å²) in [5.41, 5.74) is -0.140. The van der Waals surface area contributed by atoms with Crippen molar-refractivity contribution in [1.29, 1.82) is 0 Å². The monoisotopic (exact) mass is 487 g/mol. The summed E-state index contributed by atoms with van der Waals surface area (Å²) < 4.78 is 49.5. The first-order valence-corrected chi connectivity index (χ1v) is 8.26. The van der Waals surface area contributed by atoms with Crippen LogP contribution < -0.4 is 5.32 Å². The number of nitrogens with zero attached hydrogens (tertiary/aromatic N) is 2. The van der Waals surface area contributed by atoms with Crippen LogP contribution in [0.2, 0.25) is 0 Å². The number of ether oxygens (including phenoxy) is 2. The number of alkyl halides is 3. The molecule has 1 unspecified atom stereocenters. The zero-order valence-electron chi connectivity index (χ0n) is 14.9. The molecule has 0 spiro atoms. The second-order valence-corrected chi connectivity index (χ2v) is 5.66. The molecule has 9 heteroatoms. The lowest BCUT2D eigenvalue weighted by atomic mass is 10.0. The zero-order valence-corrected chi connectivity index (χ0v) is 17.2. The van der Waals surface area contributed by atoms with Gasteiger partial charge in [-0.05, 0) is 24.6 Å². The number of methoxy groups -OCH3 is 1. The van der Waals surface area contributed by atoms with Crippen LogP contribution >= 0.6 is 24.0 Å². The van der Waals surface area contributed by atoms with E-state index in [2.05, 4.69) is 10.3 Å². The molecule has 1 atom stereocenters. The van der Waals surface area contributed by atoms with Gasteiger partial charge < -0.3 is 19.7 Å². The third kappa shape index (κ3) is 6.58. The lowest BCUT2D eigenvalue weighted by Gasteiger charge is -2.35. The van der Waals surface area contributed by atoms with Crippen LogP contribution in [0.1, 0.15) is 24.2 Å². The smallest absolute Gasteiger partial charge is 0.383 e. The number of hydrogen-bond acceptors (Lipinski definition) is 3. The van der Waals surface area contributed by atoms with Gasteiger partial charge in [0.05, 0.1) is 31.9 Å². The first-order valence-electron chi connectivity index (χ1n) is 8.26. The predicted molar refractivity (Wildman–Crippen MR) is 105 cm³/mol. The number of halogens is 4. The molecule has 1 aromatic rings. The molecule has 0 aromatic heterocycles. The van der Waals surface area contributed by atoms with E-state index in [0.29, 0.717) is 45.0 Å². The topological polar surface area (TPSA) is 46.1 Å². The molecular formula is C17H25F3IN3O2. The van der Waals surface area contributed by atoms with Crippen LogP contribution in [0.4, 0.5) is 13.2 Å². The maximum absolute atomic E-state index is 12.9. The lowest BCUT2D eigenvalue weighted by Crippen LogP contribution is -2.48. The van der Waals surface area contributed by atoms with Gasteiger partial charge in [0.25, 0.3) is 0 Å². The van der Waals surface area contributed by atoms with E-state index >= 15 is 0 Å². The van der Waals surface area contributed by atoms with Gasteiger partial charge in [0.1, 0.15) is 6.10 Å². The fraction of sp³-hybridized carbons (Fsp3) is 0.588. The summed E-state index contributed by atoms with van der Waals surface area (Å²) in [6.45, 7) is 5.21. The quantitative estimate of drug-likeness (QED) is 0.300. The highest BCUT2D eigenvalue weighted by molar-refractivity contribution is 14.0. The summed E-state index contributed by atoms with van der Waals surface area (Å²) in [7, 11) is 1.61. The van der Waals surface area contributed by atoms with E-state index in [1.54, 1.807) is 13.2 Å². The Labute approximate surface area is 169 Å². The molecule has 26 heavy (non-hydrogen) atoms. The standard InChI is InChI=1S/C17H24F3N3O2.HI/c1-3-21-16(22-7-9-24-2)23-8-10-25-15(12-23)13-5-4-6-14(11-13)17(18,19)20;/h4-6,11,15H,3,7-10,12H2,1-2H3,(H,21,22);1H. The molecule has 1 saturated heterocycles. The Balaban J connectivity index is 0.00000338. The van der Waals surface area contributed by atoms with Crippen LogP contribution in [0, 0.1) is 0 Å². The lowest BCUT2D eigenvalue weighted by molar-refractivity contribution is -0.137. The molecule has 148 valence electrons. The number of benzene rings is 1. The summed E-state index contributed by atoms with van der Waals surface area (Å²) in [5, 5.41) is 3.20. The van der Waals surface area contributed by atoms with Crippen LogP contribution in [-0.2, 0) is 15.7 Å². The van der Waals surface area contributed by atoms with E-state index in [9.17, 15) is 13.2 Å². The third-order valence-corrected chi connectivity index (χ3v) is 3.84. The molecule has 1 aliphatic heterocycles. The van der Waals surface area contributed by atoms with Gasteiger partial charge in [0.2, 0.25) is 0 Å². The minimum atomic E-state index is -4.36. The number of guanidine groups is 1. The van der Waals surface area contributed by atoms with Gasteiger partial charge >= 0.3 is 6.18 Å². The van der Waals surface area contributed by atoms with E-state index < -0.39 is 17.8 Å². The van der Waals surface area contributed by atoms with Gasteiger partial charge in [-0.15, -0.1) is 24.0 Å². The van der Waals surface area contributed by atoms with Crippen molar-refractivity contribution in [3.63, 3.8) is 0 Å². The largest absolute Gasteiger partial charge is 0.416 e. The normalized spacial score (nSPS) is 18.4. The molecule has 1 aliphatic rings. The molecule has 0 radical (unpaired) electrons. The molecule has 0 saturated carbocycles. The Morgan fingerprint density at radius 3 is 2.85 bits per heavy atom. The van der Waals surface area contributed by atoms with Gasteiger partial charge in [-0.25, -0.2) is 0 Å². The van der Waals surface area contributed by atoms with Crippen molar-refractivity contribution in [3.05, 3.63) is 35.4 Å². The van der Waals surface area contributed by atoms with E-state index in [0.717, 1.165) is 18.1 Å². The van der Waals surface area contributed by atoms with E-state index in [-0.39, 0.29) is 24.0 Å². The van der Waals surface area contributed by atoms with Crippen molar-refractivity contribution < 1.29 is 22.6 Å². The van der Waals surface area contributed by atoms with Crippen molar-refractivity contribution in [3.8, 4) is 0 Å². The number of hydrogen-bond donors (Lipinski definition) is 1. The summed E-state index contributed by atoms with van der Waals surface area (Å²) in [5.74, 6) is 0.722. The third-order valence-electron chi connectivity index (χ3n) is 3.84. The molecule has 1 fully saturated rings. The van der Waals surface area contributed by atoms with Gasteiger partial charge in [0, 0.05) is 20.2 Å². The van der Waals surface area contributed by atoms with Crippen LogP contribution in [0.3, 0.4) is 0 Å². The number of aliphatic imine (C=N–C) groups is 1. The van der Waals surface area contributed by atoms with Crippen molar-refractivity contribution in [2.24, 2.45) is 4.99 Å². The average molecular weight is 487 g/mol.